The molecule has 1 fully saturated rings. The predicted octanol–water partition coefficient (Wildman–Crippen LogP) is 3.04. The second kappa shape index (κ2) is 12.2. The molecule has 182 valence electrons. The third-order valence-corrected chi connectivity index (χ3v) is 6.20. The quantitative estimate of drug-likeness (QED) is 0.650. The Labute approximate surface area is 199 Å². The summed E-state index contributed by atoms with van der Waals surface area (Å²) in [5.74, 6) is -2.18. The third kappa shape index (κ3) is 7.05. The summed E-state index contributed by atoms with van der Waals surface area (Å²) in [4.78, 5) is 35.8. The summed E-state index contributed by atoms with van der Waals surface area (Å²) in [5.41, 5.74) is 4.02. The van der Waals surface area contributed by atoms with Gasteiger partial charge in [-0.15, -0.1) is 0 Å². The molecule has 2 N–H and O–H groups in total. The van der Waals surface area contributed by atoms with Crippen LogP contribution in [-0.2, 0) is 33.9 Å². The molecule has 1 amide bonds. The highest BCUT2D eigenvalue weighted by atomic mass is 16.5. The van der Waals surface area contributed by atoms with Crippen molar-refractivity contribution in [2.45, 2.75) is 39.3 Å². The SMILES string of the molecule is CCOc1ccc(CN2CCC(C(=O)N3CCc4ccccc4C3)CC2)cc1.O=C(O)C(=O)O. The Morgan fingerprint density at radius 3 is 2.12 bits per heavy atom. The van der Waals surface area contributed by atoms with Gasteiger partial charge in [-0.05, 0) is 68.1 Å². The second-order valence-corrected chi connectivity index (χ2v) is 8.52. The number of rotatable bonds is 5. The molecule has 8 nitrogen and oxygen atoms in total. The number of carbonyl (C=O) groups excluding carboxylic acids is 1. The number of hydrogen-bond donors (Lipinski definition) is 2. The molecule has 0 saturated carbocycles. The van der Waals surface area contributed by atoms with E-state index in [1.165, 1.54) is 16.7 Å². The Hall–Kier alpha value is -3.39. The van der Waals surface area contributed by atoms with Crippen molar-refractivity contribution >= 4 is 17.8 Å². The molecular weight excluding hydrogens is 436 g/mol. The highest BCUT2D eigenvalue weighted by Crippen LogP contribution is 2.25. The van der Waals surface area contributed by atoms with Crippen molar-refractivity contribution in [1.29, 1.82) is 0 Å². The lowest BCUT2D eigenvalue weighted by molar-refractivity contribution is -0.159. The van der Waals surface area contributed by atoms with E-state index in [4.69, 9.17) is 24.5 Å². The maximum Gasteiger partial charge on any atom is 0.414 e. The van der Waals surface area contributed by atoms with Crippen molar-refractivity contribution in [3.05, 3.63) is 65.2 Å². The Kier molecular flexibility index (Phi) is 9.04. The topological polar surface area (TPSA) is 107 Å². The molecule has 1 saturated heterocycles. The summed E-state index contributed by atoms with van der Waals surface area (Å²) in [7, 11) is 0. The summed E-state index contributed by atoms with van der Waals surface area (Å²) in [5, 5.41) is 14.8. The van der Waals surface area contributed by atoms with Crippen LogP contribution in [0.5, 0.6) is 5.75 Å². The minimum absolute atomic E-state index is 0.182. The number of piperidine rings is 1. The lowest BCUT2D eigenvalue weighted by Crippen LogP contribution is -2.44. The third-order valence-electron chi connectivity index (χ3n) is 6.20. The smallest absolute Gasteiger partial charge is 0.414 e. The van der Waals surface area contributed by atoms with Crippen molar-refractivity contribution in [3.8, 4) is 5.75 Å². The van der Waals surface area contributed by atoms with Crippen LogP contribution in [0.3, 0.4) is 0 Å². The number of aliphatic carboxylic acids is 2. The average molecular weight is 469 g/mol. The van der Waals surface area contributed by atoms with Crippen LogP contribution >= 0.6 is 0 Å². The van der Waals surface area contributed by atoms with Gasteiger partial charge >= 0.3 is 11.9 Å². The molecule has 0 unspecified atom stereocenters. The second-order valence-electron chi connectivity index (χ2n) is 8.52. The van der Waals surface area contributed by atoms with Crippen LogP contribution in [0.15, 0.2) is 48.5 Å². The van der Waals surface area contributed by atoms with E-state index in [0.29, 0.717) is 12.5 Å². The summed E-state index contributed by atoms with van der Waals surface area (Å²) >= 11 is 0. The molecule has 0 atom stereocenters. The zero-order valence-electron chi connectivity index (χ0n) is 19.5. The summed E-state index contributed by atoms with van der Waals surface area (Å²) in [6, 6.07) is 16.9. The van der Waals surface area contributed by atoms with Crippen molar-refractivity contribution in [1.82, 2.24) is 9.80 Å². The fourth-order valence-corrected chi connectivity index (χ4v) is 4.40. The number of carbonyl (C=O) groups is 3. The van der Waals surface area contributed by atoms with Gasteiger partial charge in [0, 0.05) is 25.6 Å². The first-order valence-corrected chi connectivity index (χ1v) is 11.6. The molecule has 34 heavy (non-hydrogen) atoms. The van der Waals surface area contributed by atoms with Crippen molar-refractivity contribution in [2.24, 2.45) is 5.92 Å². The molecule has 2 aromatic carbocycles. The van der Waals surface area contributed by atoms with Crippen LogP contribution in [0.2, 0.25) is 0 Å². The van der Waals surface area contributed by atoms with E-state index in [-0.39, 0.29) is 5.92 Å². The minimum atomic E-state index is -1.82. The molecule has 2 aliphatic rings. The molecule has 0 aromatic heterocycles. The van der Waals surface area contributed by atoms with E-state index in [1.807, 2.05) is 19.1 Å². The number of carboxylic acid groups (broad SMARTS) is 2. The van der Waals surface area contributed by atoms with E-state index in [9.17, 15) is 4.79 Å². The molecule has 0 aliphatic carbocycles. The number of amides is 1. The highest BCUT2D eigenvalue weighted by Gasteiger charge is 2.30. The first-order valence-electron chi connectivity index (χ1n) is 11.6. The Bertz CT molecular complexity index is 971. The van der Waals surface area contributed by atoms with Crippen LogP contribution in [0.25, 0.3) is 0 Å². The predicted molar refractivity (Wildman–Crippen MR) is 126 cm³/mol. The van der Waals surface area contributed by atoms with Gasteiger partial charge < -0.3 is 19.8 Å². The fraction of sp³-hybridized carbons (Fsp3) is 0.423. The lowest BCUT2D eigenvalue weighted by Gasteiger charge is -2.36. The van der Waals surface area contributed by atoms with Crippen molar-refractivity contribution in [3.63, 3.8) is 0 Å². The lowest BCUT2D eigenvalue weighted by atomic mass is 9.93. The number of ether oxygens (including phenoxy) is 1. The van der Waals surface area contributed by atoms with Gasteiger partial charge in [0.15, 0.2) is 0 Å². The van der Waals surface area contributed by atoms with Gasteiger partial charge in [-0.1, -0.05) is 36.4 Å². The largest absolute Gasteiger partial charge is 0.494 e. The molecule has 2 aromatic rings. The number of hydrogen-bond acceptors (Lipinski definition) is 5. The molecule has 2 heterocycles. The zero-order chi connectivity index (χ0) is 24.5. The Balaban J connectivity index is 0.000000481. The Morgan fingerprint density at radius 1 is 0.912 bits per heavy atom. The molecule has 8 heteroatoms. The van der Waals surface area contributed by atoms with Gasteiger partial charge in [0.2, 0.25) is 5.91 Å². The van der Waals surface area contributed by atoms with E-state index in [0.717, 1.165) is 57.7 Å². The van der Waals surface area contributed by atoms with E-state index in [2.05, 4.69) is 46.2 Å². The van der Waals surface area contributed by atoms with E-state index in [1.54, 1.807) is 0 Å². The summed E-state index contributed by atoms with van der Waals surface area (Å²) in [6.07, 6.45) is 2.92. The Morgan fingerprint density at radius 2 is 1.53 bits per heavy atom. The number of carboxylic acids is 2. The maximum atomic E-state index is 13.0. The highest BCUT2D eigenvalue weighted by molar-refractivity contribution is 6.27. The molecule has 2 aliphatic heterocycles. The standard InChI is InChI=1S/C24H30N2O2.C2H2O4/c1-2-28-23-9-7-19(8-10-23)17-25-14-11-21(12-15-25)24(27)26-16-13-20-5-3-4-6-22(20)18-26;3-1(4)2(5)6/h3-10,21H,2,11-18H2,1H3;(H,3,4)(H,5,6). The molecule has 0 bridgehead atoms. The van der Waals surface area contributed by atoms with Crippen LogP contribution in [-0.4, -0.2) is 64.1 Å². The molecular formula is C26H32N2O6. The minimum Gasteiger partial charge on any atom is -0.494 e. The fourth-order valence-electron chi connectivity index (χ4n) is 4.40. The van der Waals surface area contributed by atoms with Gasteiger partial charge in [0.1, 0.15) is 5.75 Å². The molecule has 4 rings (SSSR count). The van der Waals surface area contributed by atoms with Gasteiger partial charge in [-0.3, -0.25) is 9.69 Å². The summed E-state index contributed by atoms with van der Waals surface area (Å²) in [6.45, 7) is 7.28. The van der Waals surface area contributed by atoms with Crippen LogP contribution in [0.1, 0.15) is 36.5 Å². The normalized spacial score (nSPS) is 16.1. The van der Waals surface area contributed by atoms with Gasteiger partial charge in [0.25, 0.3) is 0 Å². The van der Waals surface area contributed by atoms with Crippen LogP contribution in [0, 0.1) is 5.92 Å². The first kappa shape index (κ1) is 25.2. The number of nitrogens with zero attached hydrogens (tertiary/aromatic N) is 2. The van der Waals surface area contributed by atoms with Gasteiger partial charge in [0.05, 0.1) is 6.61 Å². The maximum absolute atomic E-state index is 13.0. The van der Waals surface area contributed by atoms with E-state index >= 15 is 0 Å². The number of likely N-dealkylation sites (tertiary alicyclic amines) is 1. The van der Waals surface area contributed by atoms with Crippen molar-refractivity contribution in [2.75, 3.05) is 26.2 Å². The first-order chi connectivity index (χ1) is 16.4. The summed E-state index contributed by atoms with van der Waals surface area (Å²) < 4.78 is 5.52. The average Bonchev–Trinajstić information content (AvgIpc) is 2.85. The van der Waals surface area contributed by atoms with Crippen LogP contribution < -0.4 is 4.74 Å². The number of benzene rings is 2. The molecule has 0 radical (unpaired) electrons. The number of fused-ring (bicyclic) bond motifs is 1. The zero-order valence-corrected chi connectivity index (χ0v) is 19.5. The van der Waals surface area contributed by atoms with Gasteiger partial charge in [-0.2, -0.15) is 0 Å². The van der Waals surface area contributed by atoms with E-state index < -0.39 is 11.9 Å². The molecule has 0 spiro atoms. The van der Waals surface area contributed by atoms with Crippen LogP contribution in [0.4, 0.5) is 0 Å². The monoisotopic (exact) mass is 468 g/mol. The van der Waals surface area contributed by atoms with Crippen molar-refractivity contribution < 1.29 is 29.3 Å². The van der Waals surface area contributed by atoms with Gasteiger partial charge in [-0.25, -0.2) is 9.59 Å².